The number of rotatable bonds is 2. The molecule has 13 heavy (non-hydrogen) atoms. The van der Waals surface area contributed by atoms with Crippen LogP contribution in [-0.2, 0) is 4.79 Å². The maximum Gasteiger partial charge on any atom is 0.222 e. The van der Waals surface area contributed by atoms with Gasteiger partial charge in [0.15, 0.2) is 0 Å². The van der Waals surface area contributed by atoms with Crippen molar-refractivity contribution in [2.24, 2.45) is 5.92 Å². The van der Waals surface area contributed by atoms with E-state index in [1.807, 2.05) is 6.92 Å². The first-order valence-corrected chi connectivity index (χ1v) is 4.75. The molecule has 0 saturated carbocycles. The third-order valence-electron chi connectivity index (χ3n) is 2.58. The van der Waals surface area contributed by atoms with E-state index < -0.39 is 6.10 Å². The molecule has 1 aliphatic heterocycles. The van der Waals surface area contributed by atoms with Crippen molar-refractivity contribution < 1.29 is 15.0 Å². The number of amides is 1. The molecule has 0 aliphatic carbocycles. The number of aliphatic hydroxyl groups is 2. The van der Waals surface area contributed by atoms with Gasteiger partial charge in [0.1, 0.15) is 0 Å². The molecule has 0 bridgehead atoms. The van der Waals surface area contributed by atoms with Gasteiger partial charge in [-0.1, -0.05) is 6.92 Å². The molecule has 0 aromatic rings. The summed E-state index contributed by atoms with van der Waals surface area (Å²) < 4.78 is 0. The first-order chi connectivity index (χ1) is 6.19. The van der Waals surface area contributed by atoms with Crippen LogP contribution >= 0.6 is 0 Å². The number of carbonyl (C=O) groups is 1. The summed E-state index contributed by atoms with van der Waals surface area (Å²) in [6.45, 7) is 2.88. The average molecular weight is 187 g/mol. The Morgan fingerprint density at radius 2 is 2.31 bits per heavy atom. The average Bonchev–Trinajstić information content (AvgIpc) is 2.17. The molecule has 0 aromatic heterocycles. The Balaban J connectivity index is 2.49. The molecular weight excluding hydrogens is 170 g/mol. The molecule has 76 valence electrons. The van der Waals surface area contributed by atoms with Gasteiger partial charge in [-0.25, -0.2) is 0 Å². The molecule has 0 aromatic carbocycles. The third kappa shape index (κ3) is 2.42. The van der Waals surface area contributed by atoms with Crippen LogP contribution in [0.1, 0.15) is 19.8 Å². The Morgan fingerprint density at radius 3 is 2.85 bits per heavy atom. The van der Waals surface area contributed by atoms with E-state index in [2.05, 4.69) is 0 Å². The highest BCUT2D eigenvalue weighted by Crippen LogP contribution is 2.17. The molecule has 1 fully saturated rings. The smallest absolute Gasteiger partial charge is 0.222 e. The van der Waals surface area contributed by atoms with Crippen LogP contribution in [0.3, 0.4) is 0 Å². The largest absolute Gasteiger partial charge is 0.396 e. The van der Waals surface area contributed by atoms with Crippen molar-refractivity contribution in [3.63, 3.8) is 0 Å². The first kappa shape index (κ1) is 10.5. The predicted molar refractivity (Wildman–Crippen MR) is 48.1 cm³/mol. The number of hydrogen-bond acceptors (Lipinski definition) is 3. The number of nitrogens with zero attached hydrogens (tertiary/aromatic N) is 1. The highest BCUT2D eigenvalue weighted by molar-refractivity contribution is 5.75. The minimum Gasteiger partial charge on any atom is -0.396 e. The van der Waals surface area contributed by atoms with Crippen molar-refractivity contribution in [1.29, 1.82) is 0 Å². The van der Waals surface area contributed by atoms with Crippen LogP contribution in [-0.4, -0.2) is 46.8 Å². The highest BCUT2D eigenvalue weighted by Gasteiger charge is 2.28. The molecule has 2 unspecified atom stereocenters. The van der Waals surface area contributed by atoms with Crippen molar-refractivity contribution >= 4 is 5.91 Å². The second-order valence-corrected chi connectivity index (χ2v) is 3.49. The van der Waals surface area contributed by atoms with E-state index in [1.54, 1.807) is 4.90 Å². The number of piperidine rings is 1. The fourth-order valence-electron chi connectivity index (χ4n) is 1.65. The second-order valence-electron chi connectivity index (χ2n) is 3.49. The molecule has 0 radical (unpaired) electrons. The van der Waals surface area contributed by atoms with Crippen molar-refractivity contribution in [3.8, 4) is 0 Å². The van der Waals surface area contributed by atoms with Gasteiger partial charge < -0.3 is 15.1 Å². The summed E-state index contributed by atoms with van der Waals surface area (Å²) >= 11 is 0. The zero-order chi connectivity index (χ0) is 9.84. The van der Waals surface area contributed by atoms with E-state index in [9.17, 15) is 9.90 Å². The monoisotopic (exact) mass is 187 g/mol. The lowest BCUT2D eigenvalue weighted by Gasteiger charge is -2.35. The zero-order valence-electron chi connectivity index (χ0n) is 7.94. The number of aliphatic hydroxyl groups excluding tert-OH is 2. The number of carbonyl (C=O) groups excluding carboxylic acids is 1. The van der Waals surface area contributed by atoms with E-state index in [4.69, 9.17) is 5.11 Å². The summed E-state index contributed by atoms with van der Waals surface area (Å²) in [6, 6.07) is 0. The lowest BCUT2D eigenvalue weighted by atomic mass is 9.95. The van der Waals surface area contributed by atoms with E-state index in [0.717, 1.165) is 0 Å². The molecule has 0 spiro atoms. The van der Waals surface area contributed by atoms with Crippen LogP contribution in [0.2, 0.25) is 0 Å². The molecule has 1 amide bonds. The highest BCUT2D eigenvalue weighted by atomic mass is 16.3. The first-order valence-electron chi connectivity index (χ1n) is 4.75. The third-order valence-corrected chi connectivity index (χ3v) is 2.58. The van der Waals surface area contributed by atoms with Crippen molar-refractivity contribution in [2.45, 2.75) is 25.9 Å². The van der Waals surface area contributed by atoms with Crippen LogP contribution in [0.4, 0.5) is 0 Å². The van der Waals surface area contributed by atoms with Gasteiger partial charge in [-0.2, -0.15) is 0 Å². The minimum atomic E-state index is -0.453. The van der Waals surface area contributed by atoms with Crippen molar-refractivity contribution in [3.05, 3.63) is 0 Å². The Kier molecular flexibility index (Phi) is 3.69. The number of hydrogen-bond donors (Lipinski definition) is 2. The SMILES string of the molecule is CCC(=O)N1CCC(O)C(CO)C1. The van der Waals surface area contributed by atoms with Crippen LogP contribution in [0.25, 0.3) is 0 Å². The van der Waals surface area contributed by atoms with E-state index in [-0.39, 0.29) is 18.4 Å². The Morgan fingerprint density at radius 1 is 1.62 bits per heavy atom. The Hall–Kier alpha value is -0.610. The lowest BCUT2D eigenvalue weighted by Crippen LogP contribution is -2.47. The summed E-state index contributed by atoms with van der Waals surface area (Å²) in [4.78, 5) is 13.0. The molecule has 4 nitrogen and oxygen atoms in total. The fraction of sp³-hybridized carbons (Fsp3) is 0.889. The summed E-state index contributed by atoms with van der Waals surface area (Å²) in [5, 5.41) is 18.4. The number of likely N-dealkylation sites (tertiary alicyclic amines) is 1. The quantitative estimate of drug-likeness (QED) is 0.618. The van der Waals surface area contributed by atoms with Gasteiger partial charge >= 0.3 is 0 Å². The van der Waals surface area contributed by atoms with Gasteiger partial charge in [-0.3, -0.25) is 4.79 Å². The standard InChI is InChI=1S/C9H17NO3/c1-2-9(13)10-4-3-8(12)7(5-10)6-11/h7-8,11-12H,2-6H2,1H3. The maximum atomic E-state index is 11.3. The zero-order valence-corrected chi connectivity index (χ0v) is 7.94. The van der Waals surface area contributed by atoms with Crippen LogP contribution in [0.5, 0.6) is 0 Å². The predicted octanol–water partition coefficient (Wildman–Crippen LogP) is -0.402. The van der Waals surface area contributed by atoms with Gasteiger partial charge in [0, 0.05) is 25.4 Å². The molecule has 1 heterocycles. The summed E-state index contributed by atoms with van der Waals surface area (Å²) in [6.07, 6.45) is 0.622. The van der Waals surface area contributed by atoms with Crippen molar-refractivity contribution in [1.82, 2.24) is 4.90 Å². The van der Waals surface area contributed by atoms with Crippen LogP contribution in [0.15, 0.2) is 0 Å². The van der Waals surface area contributed by atoms with E-state index in [0.29, 0.717) is 25.9 Å². The van der Waals surface area contributed by atoms with Gasteiger partial charge in [-0.15, -0.1) is 0 Å². The fourth-order valence-corrected chi connectivity index (χ4v) is 1.65. The molecule has 1 aliphatic rings. The molecule has 2 N–H and O–H groups in total. The van der Waals surface area contributed by atoms with E-state index in [1.165, 1.54) is 0 Å². The van der Waals surface area contributed by atoms with Gasteiger partial charge in [0.25, 0.3) is 0 Å². The summed E-state index contributed by atoms with van der Waals surface area (Å²) in [5.41, 5.74) is 0. The molecule has 1 rings (SSSR count). The molecule has 1 saturated heterocycles. The van der Waals surface area contributed by atoms with Crippen LogP contribution < -0.4 is 0 Å². The van der Waals surface area contributed by atoms with Gasteiger partial charge in [-0.05, 0) is 6.42 Å². The summed E-state index contributed by atoms with van der Waals surface area (Å²) in [5.74, 6) is -0.0606. The Bertz CT molecular complexity index is 184. The molecule has 4 heteroatoms. The normalized spacial score (nSPS) is 29.0. The minimum absolute atomic E-state index is 0.0470. The van der Waals surface area contributed by atoms with Crippen LogP contribution in [0, 0.1) is 5.92 Å². The molecule has 2 atom stereocenters. The topological polar surface area (TPSA) is 60.8 Å². The van der Waals surface area contributed by atoms with E-state index >= 15 is 0 Å². The van der Waals surface area contributed by atoms with Crippen molar-refractivity contribution in [2.75, 3.05) is 19.7 Å². The second kappa shape index (κ2) is 4.58. The molecular formula is C9H17NO3. The Labute approximate surface area is 78.2 Å². The lowest BCUT2D eigenvalue weighted by molar-refractivity contribution is -0.135. The van der Waals surface area contributed by atoms with Gasteiger partial charge in [0.2, 0.25) is 5.91 Å². The van der Waals surface area contributed by atoms with Gasteiger partial charge in [0.05, 0.1) is 12.7 Å². The summed E-state index contributed by atoms with van der Waals surface area (Å²) in [7, 11) is 0. The maximum absolute atomic E-state index is 11.3.